The lowest BCUT2D eigenvalue weighted by atomic mass is 10.00. The summed E-state index contributed by atoms with van der Waals surface area (Å²) in [5, 5.41) is 20.1. The van der Waals surface area contributed by atoms with Gasteiger partial charge in [-0.2, -0.15) is 0 Å². The van der Waals surface area contributed by atoms with Crippen LogP contribution in [0.15, 0.2) is 30.3 Å². The highest BCUT2D eigenvalue weighted by molar-refractivity contribution is 5.75. The summed E-state index contributed by atoms with van der Waals surface area (Å²) in [5.74, 6) is -0.731. The lowest BCUT2D eigenvalue weighted by molar-refractivity contribution is -0.168. The number of carbonyl (C=O) groups is 1. The van der Waals surface area contributed by atoms with Crippen LogP contribution >= 0.6 is 0 Å². The summed E-state index contributed by atoms with van der Waals surface area (Å²) in [6.45, 7) is 0. The third-order valence-corrected chi connectivity index (χ3v) is 5.02. The molecule has 4 atom stereocenters. The maximum atomic E-state index is 12.1. The van der Waals surface area contributed by atoms with E-state index in [1.165, 1.54) is 0 Å². The van der Waals surface area contributed by atoms with Crippen molar-refractivity contribution in [2.45, 2.75) is 56.1 Å². The SMILES string of the molecule is CN1C2CCC1CC(OC(=O)[C@H](O)[C@H](O)c1ccccc1)C2. The van der Waals surface area contributed by atoms with Crippen molar-refractivity contribution in [2.75, 3.05) is 7.05 Å². The van der Waals surface area contributed by atoms with E-state index in [1.807, 2.05) is 6.07 Å². The van der Waals surface area contributed by atoms with Crippen molar-refractivity contribution in [3.05, 3.63) is 35.9 Å². The van der Waals surface area contributed by atoms with Gasteiger partial charge in [-0.25, -0.2) is 4.79 Å². The summed E-state index contributed by atoms with van der Waals surface area (Å²) in [6.07, 6.45) is 0.962. The largest absolute Gasteiger partial charge is 0.460 e. The van der Waals surface area contributed by atoms with E-state index >= 15 is 0 Å². The molecule has 2 aliphatic heterocycles. The molecule has 0 saturated carbocycles. The minimum Gasteiger partial charge on any atom is -0.460 e. The van der Waals surface area contributed by atoms with Crippen LogP contribution in [0.5, 0.6) is 0 Å². The zero-order chi connectivity index (χ0) is 15.7. The molecule has 2 fully saturated rings. The molecule has 2 heterocycles. The third kappa shape index (κ3) is 3.02. The molecule has 22 heavy (non-hydrogen) atoms. The molecule has 1 aromatic carbocycles. The van der Waals surface area contributed by atoms with Crippen molar-refractivity contribution in [3.63, 3.8) is 0 Å². The van der Waals surface area contributed by atoms with Crippen LogP contribution in [0.1, 0.15) is 37.4 Å². The predicted molar refractivity (Wildman–Crippen MR) is 81.1 cm³/mol. The van der Waals surface area contributed by atoms with Gasteiger partial charge in [-0.05, 0) is 38.3 Å². The predicted octanol–water partition coefficient (Wildman–Crippen LogP) is 1.25. The summed E-state index contributed by atoms with van der Waals surface area (Å²) in [5.41, 5.74) is 0.510. The molecule has 2 N–H and O–H groups in total. The molecule has 2 bridgehead atoms. The van der Waals surface area contributed by atoms with Gasteiger partial charge in [-0.3, -0.25) is 0 Å². The fourth-order valence-corrected chi connectivity index (χ4v) is 3.65. The van der Waals surface area contributed by atoms with Crippen LogP contribution in [0.3, 0.4) is 0 Å². The second-order valence-corrected chi connectivity index (χ2v) is 6.38. The van der Waals surface area contributed by atoms with E-state index in [4.69, 9.17) is 4.74 Å². The number of piperidine rings is 1. The van der Waals surface area contributed by atoms with Crippen LogP contribution in [0.25, 0.3) is 0 Å². The Morgan fingerprint density at radius 1 is 1.18 bits per heavy atom. The molecule has 1 aromatic rings. The van der Waals surface area contributed by atoms with Gasteiger partial charge in [0.15, 0.2) is 6.10 Å². The standard InChI is InChI=1S/C17H23NO4/c1-18-12-7-8-13(18)10-14(9-12)22-17(21)16(20)15(19)11-5-3-2-4-6-11/h2-6,12-16,19-20H,7-10H2,1H3/t12?,13?,14?,15-,16-/m1/s1. The number of benzene rings is 1. The normalized spacial score (nSPS) is 30.8. The number of ether oxygens (including phenoxy) is 1. The average Bonchev–Trinajstić information content (AvgIpc) is 2.76. The van der Waals surface area contributed by atoms with Gasteiger partial charge in [0.1, 0.15) is 12.2 Å². The first-order valence-corrected chi connectivity index (χ1v) is 7.89. The maximum absolute atomic E-state index is 12.1. The van der Waals surface area contributed by atoms with Crippen LogP contribution in [0.2, 0.25) is 0 Å². The number of nitrogens with zero attached hydrogens (tertiary/aromatic N) is 1. The lowest BCUT2D eigenvalue weighted by Crippen LogP contribution is -2.44. The van der Waals surface area contributed by atoms with Gasteiger partial charge < -0.3 is 19.8 Å². The number of aliphatic hydroxyl groups excluding tert-OH is 2. The first-order valence-electron chi connectivity index (χ1n) is 7.89. The Bertz CT molecular complexity index is 507. The molecule has 0 spiro atoms. The Morgan fingerprint density at radius 2 is 1.77 bits per heavy atom. The highest BCUT2D eigenvalue weighted by atomic mass is 16.6. The Balaban J connectivity index is 1.58. The Hall–Kier alpha value is -1.43. The summed E-state index contributed by atoms with van der Waals surface area (Å²) in [6, 6.07) is 9.61. The number of hydrogen-bond donors (Lipinski definition) is 2. The summed E-state index contributed by atoms with van der Waals surface area (Å²) in [4.78, 5) is 14.5. The first-order chi connectivity index (χ1) is 10.6. The maximum Gasteiger partial charge on any atom is 0.338 e. The molecule has 3 rings (SSSR count). The molecule has 0 radical (unpaired) electrons. The molecule has 0 aliphatic carbocycles. The van der Waals surface area contributed by atoms with Crippen molar-refractivity contribution in [3.8, 4) is 0 Å². The molecule has 120 valence electrons. The van der Waals surface area contributed by atoms with Gasteiger partial charge in [-0.15, -0.1) is 0 Å². The van der Waals surface area contributed by atoms with Gasteiger partial charge in [0, 0.05) is 12.1 Å². The van der Waals surface area contributed by atoms with Gasteiger partial charge >= 0.3 is 5.97 Å². The van der Waals surface area contributed by atoms with Crippen molar-refractivity contribution < 1.29 is 19.7 Å². The fraction of sp³-hybridized carbons (Fsp3) is 0.588. The second kappa shape index (κ2) is 6.36. The molecule has 5 heteroatoms. The Labute approximate surface area is 130 Å². The van der Waals surface area contributed by atoms with E-state index in [0.29, 0.717) is 17.6 Å². The molecule has 5 nitrogen and oxygen atoms in total. The second-order valence-electron chi connectivity index (χ2n) is 6.38. The van der Waals surface area contributed by atoms with E-state index in [1.54, 1.807) is 24.3 Å². The molecular formula is C17H23NO4. The van der Waals surface area contributed by atoms with Crippen LogP contribution in [0, 0.1) is 0 Å². The lowest BCUT2D eigenvalue weighted by Gasteiger charge is -2.36. The summed E-state index contributed by atoms with van der Waals surface area (Å²) < 4.78 is 5.45. The van der Waals surface area contributed by atoms with E-state index < -0.39 is 18.2 Å². The van der Waals surface area contributed by atoms with Crippen molar-refractivity contribution in [2.24, 2.45) is 0 Å². The van der Waals surface area contributed by atoms with E-state index in [9.17, 15) is 15.0 Å². The zero-order valence-electron chi connectivity index (χ0n) is 12.8. The molecule has 2 unspecified atom stereocenters. The number of carbonyl (C=O) groups excluding carboxylic acids is 1. The molecule has 0 amide bonds. The monoisotopic (exact) mass is 305 g/mol. The van der Waals surface area contributed by atoms with Crippen LogP contribution in [-0.2, 0) is 9.53 Å². The quantitative estimate of drug-likeness (QED) is 0.819. The highest BCUT2D eigenvalue weighted by Crippen LogP contribution is 2.35. The first kappa shape index (κ1) is 15.5. The van der Waals surface area contributed by atoms with E-state index in [2.05, 4.69) is 11.9 Å². The number of rotatable bonds is 4. The number of fused-ring (bicyclic) bond motifs is 2. The number of aliphatic hydroxyl groups is 2. The summed E-state index contributed by atoms with van der Waals surface area (Å²) >= 11 is 0. The number of hydrogen-bond acceptors (Lipinski definition) is 5. The highest BCUT2D eigenvalue weighted by Gasteiger charge is 2.40. The van der Waals surface area contributed by atoms with E-state index in [-0.39, 0.29) is 6.10 Å². The van der Waals surface area contributed by atoms with Crippen molar-refractivity contribution >= 4 is 5.97 Å². The number of esters is 1. The fourth-order valence-electron chi connectivity index (χ4n) is 3.65. The minimum absolute atomic E-state index is 0.154. The van der Waals surface area contributed by atoms with Crippen molar-refractivity contribution in [1.29, 1.82) is 0 Å². The topological polar surface area (TPSA) is 70.0 Å². The zero-order valence-corrected chi connectivity index (χ0v) is 12.8. The molecule has 0 aromatic heterocycles. The van der Waals surface area contributed by atoms with Gasteiger partial charge in [0.05, 0.1) is 0 Å². The van der Waals surface area contributed by atoms with Gasteiger partial charge in [-0.1, -0.05) is 30.3 Å². The van der Waals surface area contributed by atoms with Crippen molar-refractivity contribution in [1.82, 2.24) is 4.90 Å². The third-order valence-electron chi connectivity index (χ3n) is 5.02. The van der Waals surface area contributed by atoms with Crippen LogP contribution < -0.4 is 0 Å². The Morgan fingerprint density at radius 3 is 2.36 bits per heavy atom. The Kier molecular flexibility index (Phi) is 4.47. The minimum atomic E-state index is -1.54. The summed E-state index contributed by atoms with van der Waals surface area (Å²) in [7, 11) is 2.12. The average molecular weight is 305 g/mol. The molecule has 2 saturated heterocycles. The van der Waals surface area contributed by atoms with Gasteiger partial charge in [0.25, 0.3) is 0 Å². The molecular weight excluding hydrogens is 282 g/mol. The molecule has 2 aliphatic rings. The van der Waals surface area contributed by atoms with E-state index in [0.717, 1.165) is 25.7 Å². The van der Waals surface area contributed by atoms with Gasteiger partial charge in [0.2, 0.25) is 0 Å². The van der Waals surface area contributed by atoms with Crippen LogP contribution in [-0.4, -0.2) is 52.4 Å². The van der Waals surface area contributed by atoms with Crippen LogP contribution in [0.4, 0.5) is 0 Å². The smallest absolute Gasteiger partial charge is 0.338 e.